The number of piperazine rings is 1. The van der Waals surface area contributed by atoms with Crippen LogP contribution in [-0.2, 0) is 6.18 Å². The average Bonchev–Trinajstić information content (AvgIpc) is 3.15. The second kappa shape index (κ2) is 8.60. The maximum Gasteiger partial charge on any atom is 0.433 e. The van der Waals surface area contributed by atoms with Gasteiger partial charge < -0.3 is 14.9 Å². The molecular formula is C20H21ClF3N5O2. The zero-order valence-corrected chi connectivity index (χ0v) is 17.2. The third kappa shape index (κ3) is 4.76. The van der Waals surface area contributed by atoms with E-state index in [4.69, 9.17) is 11.6 Å². The summed E-state index contributed by atoms with van der Waals surface area (Å²) in [4.78, 5) is 25.6. The molecule has 1 aromatic carbocycles. The second-order valence-corrected chi connectivity index (χ2v) is 8.05. The fraction of sp³-hybridized carbons (Fsp3) is 0.450. The maximum atomic E-state index is 12.9. The molecule has 2 aromatic rings. The smallest absolute Gasteiger partial charge is 0.390 e. The van der Waals surface area contributed by atoms with Crippen LogP contribution in [0.1, 0.15) is 16.1 Å². The topological polar surface area (TPSA) is 72.8 Å². The molecule has 2 fully saturated rings. The molecule has 166 valence electrons. The van der Waals surface area contributed by atoms with Crippen LogP contribution in [0.25, 0.3) is 0 Å². The number of halogens is 4. The molecule has 0 saturated carbocycles. The quantitative estimate of drug-likeness (QED) is 0.764. The van der Waals surface area contributed by atoms with E-state index in [0.29, 0.717) is 43.3 Å². The van der Waals surface area contributed by atoms with Gasteiger partial charge in [0.2, 0.25) is 5.95 Å². The number of hydrogen-bond donors (Lipinski definition) is 1. The van der Waals surface area contributed by atoms with E-state index >= 15 is 0 Å². The van der Waals surface area contributed by atoms with Crippen LogP contribution in [0.2, 0.25) is 5.02 Å². The number of carbonyl (C=O) groups is 1. The van der Waals surface area contributed by atoms with Gasteiger partial charge in [0.05, 0.1) is 12.1 Å². The van der Waals surface area contributed by atoms with Gasteiger partial charge in [-0.1, -0.05) is 11.6 Å². The Morgan fingerprint density at radius 1 is 1.06 bits per heavy atom. The number of anilines is 1. The highest BCUT2D eigenvalue weighted by Crippen LogP contribution is 2.29. The van der Waals surface area contributed by atoms with Crippen LogP contribution in [0.15, 0.2) is 36.5 Å². The molecule has 7 nitrogen and oxygen atoms in total. The number of aliphatic hydroxyl groups excluding tert-OH is 1. The summed E-state index contributed by atoms with van der Waals surface area (Å²) in [5.74, 6) is -0.129. The highest BCUT2D eigenvalue weighted by atomic mass is 35.5. The third-order valence-electron chi connectivity index (χ3n) is 5.64. The highest BCUT2D eigenvalue weighted by Gasteiger charge is 2.39. The van der Waals surface area contributed by atoms with Crippen molar-refractivity contribution in [3.8, 4) is 0 Å². The molecule has 4 rings (SSSR count). The van der Waals surface area contributed by atoms with Crippen LogP contribution in [0, 0.1) is 0 Å². The van der Waals surface area contributed by atoms with Crippen molar-refractivity contribution in [2.75, 3.05) is 44.2 Å². The molecule has 2 aliphatic rings. The van der Waals surface area contributed by atoms with Gasteiger partial charge in [-0.2, -0.15) is 13.2 Å². The lowest BCUT2D eigenvalue weighted by molar-refractivity contribution is -0.141. The summed E-state index contributed by atoms with van der Waals surface area (Å²) in [6.45, 7) is 2.55. The van der Waals surface area contributed by atoms with Crippen molar-refractivity contribution in [1.29, 1.82) is 0 Å². The number of β-amino-alcohol motifs (C(OH)–C–C–N with tert-alkyl or cyclic N) is 1. The van der Waals surface area contributed by atoms with Gasteiger partial charge in [0.1, 0.15) is 5.69 Å². The minimum absolute atomic E-state index is 0.0482. The zero-order valence-electron chi connectivity index (χ0n) is 16.5. The predicted molar refractivity (Wildman–Crippen MR) is 108 cm³/mol. The first-order valence-corrected chi connectivity index (χ1v) is 10.2. The number of alkyl halides is 3. The van der Waals surface area contributed by atoms with E-state index < -0.39 is 18.0 Å². The fourth-order valence-electron chi connectivity index (χ4n) is 3.98. The van der Waals surface area contributed by atoms with Crippen molar-refractivity contribution >= 4 is 23.5 Å². The Kier molecular flexibility index (Phi) is 6.05. The van der Waals surface area contributed by atoms with Crippen LogP contribution in [0.3, 0.4) is 0 Å². The molecule has 0 unspecified atom stereocenters. The first-order valence-electron chi connectivity index (χ1n) is 9.84. The van der Waals surface area contributed by atoms with E-state index in [1.807, 2.05) is 0 Å². The van der Waals surface area contributed by atoms with Gasteiger partial charge in [0.25, 0.3) is 5.91 Å². The lowest BCUT2D eigenvalue weighted by Crippen LogP contribution is -2.54. The van der Waals surface area contributed by atoms with Gasteiger partial charge in [0, 0.05) is 56.1 Å². The summed E-state index contributed by atoms with van der Waals surface area (Å²) in [6, 6.07) is 7.26. The third-order valence-corrected chi connectivity index (χ3v) is 5.89. The van der Waals surface area contributed by atoms with Crippen LogP contribution >= 0.6 is 11.6 Å². The number of rotatable bonds is 3. The van der Waals surface area contributed by atoms with E-state index in [-0.39, 0.29) is 24.4 Å². The monoisotopic (exact) mass is 455 g/mol. The Morgan fingerprint density at radius 2 is 1.74 bits per heavy atom. The lowest BCUT2D eigenvalue weighted by Gasteiger charge is -2.38. The van der Waals surface area contributed by atoms with Crippen LogP contribution < -0.4 is 4.90 Å². The van der Waals surface area contributed by atoms with Crippen LogP contribution in [0.4, 0.5) is 19.1 Å². The van der Waals surface area contributed by atoms with Gasteiger partial charge in [-0.15, -0.1) is 0 Å². The van der Waals surface area contributed by atoms with Crippen LogP contribution in [0.5, 0.6) is 0 Å². The number of benzene rings is 1. The number of aliphatic hydroxyl groups is 1. The Labute approximate surface area is 182 Å². The van der Waals surface area contributed by atoms with E-state index in [0.717, 1.165) is 12.3 Å². The number of aromatic nitrogens is 2. The van der Waals surface area contributed by atoms with Gasteiger partial charge in [-0.25, -0.2) is 9.97 Å². The van der Waals surface area contributed by atoms with Gasteiger partial charge in [0.15, 0.2) is 0 Å². The summed E-state index contributed by atoms with van der Waals surface area (Å²) in [6.07, 6.45) is -4.23. The minimum Gasteiger partial charge on any atom is -0.390 e. The number of carbonyl (C=O) groups excluding carboxylic acids is 1. The van der Waals surface area contributed by atoms with E-state index in [2.05, 4.69) is 14.9 Å². The predicted octanol–water partition coefficient (Wildman–Crippen LogP) is 2.16. The second-order valence-electron chi connectivity index (χ2n) is 7.61. The zero-order chi connectivity index (χ0) is 22.2. The van der Waals surface area contributed by atoms with Gasteiger partial charge >= 0.3 is 6.18 Å². The molecular weight excluding hydrogens is 435 g/mol. The van der Waals surface area contributed by atoms with Crippen molar-refractivity contribution < 1.29 is 23.1 Å². The van der Waals surface area contributed by atoms with Crippen molar-refractivity contribution in [3.05, 3.63) is 52.8 Å². The molecule has 31 heavy (non-hydrogen) atoms. The normalized spacial score (nSPS) is 22.7. The van der Waals surface area contributed by atoms with E-state index in [1.54, 1.807) is 34.1 Å². The first-order chi connectivity index (χ1) is 14.7. The SMILES string of the molecule is O=C(c1ccc(Cl)cc1)N1CCN([C@@H]2CN(c3nccc(C(F)(F)F)n3)C[C@H]2O)CC1. The molecule has 0 radical (unpaired) electrons. The van der Waals surface area contributed by atoms with Gasteiger partial charge in [-0.05, 0) is 30.3 Å². The molecule has 2 saturated heterocycles. The highest BCUT2D eigenvalue weighted by molar-refractivity contribution is 6.30. The molecule has 1 aromatic heterocycles. The molecule has 2 atom stereocenters. The Balaban J connectivity index is 1.37. The summed E-state index contributed by atoms with van der Waals surface area (Å²) in [5.41, 5.74) is -0.448. The summed E-state index contributed by atoms with van der Waals surface area (Å²) in [7, 11) is 0. The summed E-state index contributed by atoms with van der Waals surface area (Å²) in [5, 5.41) is 11.1. The van der Waals surface area contributed by atoms with E-state index in [9.17, 15) is 23.1 Å². The summed E-state index contributed by atoms with van der Waals surface area (Å²) < 4.78 is 38.8. The number of hydrogen-bond acceptors (Lipinski definition) is 6. The summed E-state index contributed by atoms with van der Waals surface area (Å²) >= 11 is 5.87. The minimum atomic E-state index is -4.55. The lowest BCUT2D eigenvalue weighted by atomic mass is 10.1. The number of nitrogens with zero attached hydrogens (tertiary/aromatic N) is 5. The van der Waals surface area contributed by atoms with Crippen molar-refractivity contribution in [2.45, 2.75) is 18.3 Å². The molecule has 0 aliphatic carbocycles. The van der Waals surface area contributed by atoms with Crippen LogP contribution in [-0.4, -0.2) is 82.2 Å². The van der Waals surface area contributed by atoms with Crippen molar-refractivity contribution in [3.63, 3.8) is 0 Å². The average molecular weight is 456 g/mol. The molecule has 1 N–H and O–H groups in total. The molecule has 1 amide bonds. The first kappa shape index (κ1) is 21.8. The Bertz CT molecular complexity index is 935. The number of amides is 1. The largest absolute Gasteiger partial charge is 0.433 e. The molecule has 0 bridgehead atoms. The molecule has 11 heteroatoms. The van der Waals surface area contributed by atoms with Crippen molar-refractivity contribution in [1.82, 2.24) is 19.8 Å². The fourth-order valence-corrected chi connectivity index (χ4v) is 4.11. The molecule has 3 heterocycles. The Hall–Kier alpha value is -2.43. The van der Waals surface area contributed by atoms with E-state index in [1.165, 1.54) is 0 Å². The van der Waals surface area contributed by atoms with Crippen molar-refractivity contribution in [2.24, 2.45) is 0 Å². The molecule has 0 spiro atoms. The standard InChI is InChI=1S/C20H21ClF3N5O2/c21-14-3-1-13(2-4-14)18(31)28-9-7-27(8-10-28)15-11-29(12-16(15)30)19-25-6-5-17(26-19)20(22,23)24/h1-6,15-16,30H,7-12H2/t15-,16-/m1/s1. The molecule has 2 aliphatic heterocycles. The van der Waals surface area contributed by atoms with Gasteiger partial charge in [-0.3, -0.25) is 9.69 Å². The Morgan fingerprint density at radius 3 is 2.39 bits per heavy atom. The maximum absolute atomic E-state index is 12.9.